The lowest BCUT2D eigenvalue weighted by Crippen LogP contribution is -2.50. The van der Waals surface area contributed by atoms with Gasteiger partial charge in [-0.05, 0) is 19.1 Å². The number of amides is 2. The van der Waals surface area contributed by atoms with Crippen LogP contribution in [0.5, 0.6) is 0 Å². The molecule has 0 heterocycles. The summed E-state index contributed by atoms with van der Waals surface area (Å²) in [5.41, 5.74) is 3.73. The second-order valence-corrected chi connectivity index (χ2v) is 8.06. The standard InChI is InChI=1S/C18H19F2N3O4S/c1-13-8-10-15(11-9-13)28(26,27)23(2)12-16(24)21-22-17(25)18(19,20)14-6-4-3-5-7-14/h3-11H,12H2,1-2H3,(H,21,24)(H,22,25). The smallest absolute Gasteiger partial charge is 0.272 e. The number of rotatable bonds is 6. The summed E-state index contributed by atoms with van der Waals surface area (Å²) in [6.45, 7) is 1.12. The van der Waals surface area contributed by atoms with E-state index in [1.165, 1.54) is 30.3 Å². The van der Waals surface area contributed by atoms with Crippen LogP contribution in [-0.2, 0) is 25.5 Å². The van der Waals surface area contributed by atoms with Gasteiger partial charge in [0.05, 0.1) is 11.4 Å². The number of benzene rings is 2. The maximum Gasteiger partial charge on any atom is 0.351 e. The van der Waals surface area contributed by atoms with Crippen molar-refractivity contribution in [2.45, 2.75) is 17.7 Å². The van der Waals surface area contributed by atoms with Gasteiger partial charge in [-0.3, -0.25) is 20.4 Å². The molecule has 0 radical (unpaired) electrons. The Labute approximate surface area is 161 Å². The number of hydrazine groups is 1. The van der Waals surface area contributed by atoms with Crippen LogP contribution in [0.15, 0.2) is 59.5 Å². The Morgan fingerprint density at radius 2 is 1.57 bits per heavy atom. The molecule has 0 atom stereocenters. The fourth-order valence-corrected chi connectivity index (χ4v) is 3.33. The third-order valence-corrected chi connectivity index (χ3v) is 5.65. The highest BCUT2D eigenvalue weighted by Gasteiger charge is 2.41. The van der Waals surface area contributed by atoms with E-state index in [0.29, 0.717) is 0 Å². The molecule has 2 aromatic rings. The van der Waals surface area contributed by atoms with Gasteiger partial charge in [-0.15, -0.1) is 0 Å². The molecule has 10 heteroatoms. The average Bonchev–Trinajstić information content (AvgIpc) is 2.67. The molecule has 0 saturated carbocycles. The highest BCUT2D eigenvalue weighted by atomic mass is 32.2. The van der Waals surface area contributed by atoms with E-state index in [0.717, 1.165) is 29.0 Å². The first kappa shape index (κ1) is 21.5. The Balaban J connectivity index is 1.96. The van der Waals surface area contributed by atoms with E-state index in [4.69, 9.17) is 0 Å². The third-order valence-electron chi connectivity index (χ3n) is 3.83. The van der Waals surface area contributed by atoms with Gasteiger partial charge in [-0.25, -0.2) is 8.42 Å². The number of nitrogens with zero attached hydrogens (tertiary/aromatic N) is 1. The molecule has 0 aliphatic heterocycles. The first-order chi connectivity index (χ1) is 13.0. The Kier molecular flexibility index (Phi) is 6.47. The molecule has 0 bridgehead atoms. The summed E-state index contributed by atoms with van der Waals surface area (Å²) in [6.07, 6.45) is 0. The second kappa shape index (κ2) is 8.44. The van der Waals surface area contributed by atoms with Gasteiger partial charge in [0.25, 0.3) is 5.91 Å². The van der Waals surface area contributed by atoms with E-state index in [-0.39, 0.29) is 4.90 Å². The van der Waals surface area contributed by atoms with Crippen molar-refractivity contribution in [3.05, 3.63) is 65.7 Å². The van der Waals surface area contributed by atoms with Crippen molar-refractivity contribution >= 4 is 21.8 Å². The summed E-state index contributed by atoms with van der Waals surface area (Å²) < 4.78 is 53.6. The largest absolute Gasteiger partial charge is 0.351 e. The van der Waals surface area contributed by atoms with Crippen molar-refractivity contribution in [2.75, 3.05) is 13.6 Å². The second-order valence-electron chi connectivity index (χ2n) is 6.02. The van der Waals surface area contributed by atoms with Crippen molar-refractivity contribution in [1.29, 1.82) is 0 Å². The lowest BCUT2D eigenvalue weighted by atomic mass is 10.1. The zero-order valence-corrected chi connectivity index (χ0v) is 16.0. The molecule has 2 aromatic carbocycles. The van der Waals surface area contributed by atoms with Gasteiger partial charge in [0.1, 0.15) is 0 Å². The minimum Gasteiger partial charge on any atom is -0.272 e. The summed E-state index contributed by atoms with van der Waals surface area (Å²) in [4.78, 5) is 23.6. The summed E-state index contributed by atoms with van der Waals surface area (Å²) in [7, 11) is -2.79. The van der Waals surface area contributed by atoms with Crippen molar-refractivity contribution in [3.63, 3.8) is 0 Å². The summed E-state index contributed by atoms with van der Waals surface area (Å²) in [6, 6.07) is 12.3. The number of hydrogen-bond acceptors (Lipinski definition) is 4. The lowest BCUT2D eigenvalue weighted by molar-refractivity contribution is -0.149. The molecule has 0 spiro atoms. The molecule has 0 aliphatic rings. The highest BCUT2D eigenvalue weighted by Crippen LogP contribution is 2.27. The quantitative estimate of drug-likeness (QED) is 0.705. The Bertz CT molecular complexity index is 949. The van der Waals surface area contributed by atoms with Crippen molar-refractivity contribution in [3.8, 4) is 0 Å². The van der Waals surface area contributed by atoms with E-state index < -0.39 is 39.9 Å². The van der Waals surface area contributed by atoms with Crippen LogP contribution in [-0.4, -0.2) is 38.1 Å². The molecular weight excluding hydrogens is 392 g/mol. The van der Waals surface area contributed by atoms with Gasteiger partial charge < -0.3 is 0 Å². The summed E-state index contributed by atoms with van der Waals surface area (Å²) in [5.74, 6) is -6.58. The van der Waals surface area contributed by atoms with E-state index in [1.54, 1.807) is 29.9 Å². The number of carbonyl (C=O) groups excluding carboxylic acids is 2. The van der Waals surface area contributed by atoms with Crippen LogP contribution in [0.4, 0.5) is 8.78 Å². The van der Waals surface area contributed by atoms with Gasteiger partial charge in [-0.1, -0.05) is 48.0 Å². The Morgan fingerprint density at radius 1 is 1.00 bits per heavy atom. The topological polar surface area (TPSA) is 95.6 Å². The first-order valence-electron chi connectivity index (χ1n) is 8.11. The zero-order chi connectivity index (χ0) is 20.9. The highest BCUT2D eigenvalue weighted by molar-refractivity contribution is 7.89. The molecule has 0 unspecified atom stereocenters. The number of sulfonamides is 1. The molecule has 150 valence electrons. The molecule has 0 fully saturated rings. The first-order valence-corrected chi connectivity index (χ1v) is 9.55. The van der Waals surface area contributed by atoms with Crippen molar-refractivity contribution in [2.24, 2.45) is 0 Å². The molecule has 0 aliphatic carbocycles. The van der Waals surface area contributed by atoms with E-state index in [9.17, 15) is 26.8 Å². The summed E-state index contributed by atoms with van der Waals surface area (Å²) in [5, 5.41) is 0. The van der Waals surface area contributed by atoms with Crippen LogP contribution in [0.2, 0.25) is 0 Å². The maximum atomic E-state index is 14.0. The van der Waals surface area contributed by atoms with E-state index in [2.05, 4.69) is 0 Å². The maximum absolute atomic E-state index is 14.0. The number of aryl methyl sites for hydroxylation is 1. The molecule has 0 saturated heterocycles. The monoisotopic (exact) mass is 411 g/mol. The van der Waals surface area contributed by atoms with E-state index >= 15 is 0 Å². The lowest BCUT2D eigenvalue weighted by Gasteiger charge is -2.19. The van der Waals surface area contributed by atoms with Crippen LogP contribution in [0.25, 0.3) is 0 Å². The normalized spacial score (nSPS) is 11.9. The number of halogens is 2. The van der Waals surface area contributed by atoms with Gasteiger partial charge in [-0.2, -0.15) is 13.1 Å². The van der Waals surface area contributed by atoms with Crippen LogP contribution in [0.3, 0.4) is 0 Å². The Hall–Kier alpha value is -2.85. The minimum absolute atomic E-state index is 0.0203. The van der Waals surface area contributed by atoms with Crippen molar-refractivity contribution in [1.82, 2.24) is 15.2 Å². The third kappa shape index (κ3) is 4.90. The predicted molar refractivity (Wildman–Crippen MR) is 97.6 cm³/mol. The van der Waals surface area contributed by atoms with Crippen LogP contribution in [0.1, 0.15) is 11.1 Å². The molecule has 2 amide bonds. The minimum atomic E-state index is -3.95. The molecule has 28 heavy (non-hydrogen) atoms. The van der Waals surface area contributed by atoms with Crippen LogP contribution in [0, 0.1) is 6.92 Å². The predicted octanol–water partition coefficient (Wildman–Crippen LogP) is 1.55. The van der Waals surface area contributed by atoms with Crippen molar-refractivity contribution < 1.29 is 26.8 Å². The zero-order valence-electron chi connectivity index (χ0n) is 15.1. The molecular formula is C18H19F2N3O4S. The Morgan fingerprint density at radius 3 is 2.14 bits per heavy atom. The molecule has 2 rings (SSSR count). The van der Waals surface area contributed by atoms with Crippen LogP contribution >= 0.6 is 0 Å². The van der Waals surface area contributed by atoms with Crippen LogP contribution < -0.4 is 10.9 Å². The van der Waals surface area contributed by atoms with Gasteiger partial charge in [0.2, 0.25) is 10.0 Å². The van der Waals surface area contributed by atoms with Gasteiger partial charge >= 0.3 is 11.8 Å². The number of hydrogen-bond donors (Lipinski definition) is 2. The molecule has 0 aromatic heterocycles. The summed E-state index contributed by atoms with van der Waals surface area (Å²) >= 11 is 0. The fourth-order valence-electron chi connectivity index (χ4n) is 2.20. The number of likely N-dealkylation sites (N-methyl/N-ethyl adjacent to an activating group) is 1. The SMILES string of the molecule is Cc1ccc(S(=O)(=O)N(C)CC(=O)NNC(=O)C(F)(F)c2ccccc2)cc1. The molecule has 2 N–H and O–H groups in total. The average molecular weight is 411 g/mol. The number of alkyl halides is 2. The van der Waals surface area contributed by atoms with Gasteiger partial charge in [0.15, 0.2) is 0 Å². The van der Waals surface area contributed by atoms with Gasteiger partial charge in [0, 0.05) is 12.6 Å². The fraction of sp³-hybridized carbons (Fsp3) is 0.222. The number of nitrogens with one attached hydrogen (secondary N) is 2. The number of carbonyl (C=O) groups is 2. The van der Waals surface area contributed by atoms with E-state index in [1.807, 2.05) is 0 Å². The molecule has 7 nitrogen and oxygen atoms in total.